The minimum Gasteiger partial charge on any atom is -0.463 e. The zero-order valence-electron chi connectivity index (χ0n) is 11.3. The predicted molar refractivity (Wildman–Crippen MR) is 79.3 cm³/mol. The van der Waals surface area contributed by atoms with E-state index in [9.17, 15) is 9.59 Å². The highest BCUT2D eigenvalue weighted by atomic mass is 16.5. The summed E-state index contributed by atoms with van der Waals surface area (Å²) in [6.07, 6.45) is 0. The number of fused-ring (bicyclic) bond motifs is 1. The average Bonchev–Trinajstić information content (AvgIpc) is 2.55. The zero-order chi connectivity index (χ0) is 14.8. The van der Waals surface area contributed by atoms with Crippen LogP contribution in [0, 0.1) is 0 Å². The topological polar surface area (TPSA) is 56.5 Å². The van der Waals surface area contributed by atoms with Crippen LogP contribution in [0.4, 0.5) is 0 Å². The van der Waals surface area contributed by atoms with Crippen LogP contribution < -0.4 is 5.63 Å². The van der Waals surface area contributed by atoms with E-state index in [1.807, 2.05) is 36.4 Å². The van der Waals surface area contributed by atoms with Crippen molar-refractivity contribution in [2.75, 3.05) is 7.11 Å². The number of carbonyl (C=O) groups excluding carboxylic acids is 1. The highest BCUT2D eigenvalue weighted by Crippen LogP contribution is 2.30. The number of benzene rings is 2. The van der Waals surface area contributed by atoms with Gasteiger partial charge in [-0.2, -0.15) is 0 Å². The van der Waals surface area contributed by atoms with Gasteiger partial charge in [0.15, 0.2) is 0 Å². The Morgan fingerprint density at radius 1 is 0.952 bits per heavy atom. The molecule has 1 aromatic heterocycles. The van der Waals surface area contributed by atoms with Crippen LogP contribution in [0.5, 0.6) is 0 Å². The smallest absolute Gasteiger partial charge is 0.374 e. The Bertz CT molecular complexity index is 863. The molecule has 0 aliphatic rings. The normalized spacial score (nSPS) is 10.5. The van der Waals surface area contributed by atoms with Crippen molar-refractivity contribution in [2.24, 2.45) is 0 Å². The van der Waals surface area contributed by atoms with Crippen LogP contribution >= 0.6 is 0 Å². The van der Waals surface area contributed by atoms with Crippen LogP contribution in [-0.4, -0.2) is 13.1 Å². The van der Waals surface area contributed by atoms with Crippen molar-refractivity contribution in [3.63, 3.8) is 0 Å². The van der Waals surface area contributed by atoms with Gasteiger partial charge in [-0.15, -0.1) is 0 Å². The number of ether oxygens (including phenoxy) is 1. The molecule has 0 aliphatic heterocycles. The number of hydrogen-bond acceptors (Lipinski definition) is 4. The van der Waals surface area contributed by atoms with Gasteiger partial charge in [-0.1, -0.05) is 48.5 Å². The minimum absolute atomic E-state index is 0.0765. The van der Waals surface area contributed by atoms with Gasteiger partial charge in [0.25, 0.3) is 0 Å². The van der Waals surface area contributed by atoms with Crippen molar-refractivity contribution in [2.45, 2.75) is 0 Å². The van der Waals surface area contributed by atoms with Gasteiger partial charge in [0.1, 0.15) is 0 Å². The van der Waals surface area contributed by atoms with Crippen molar-refractivity contribution in [1.82, 2.24) is 0 Å². The van der Waals surface area contributed by atoms with Gasteiger partial charge in [-0.05, 0) is 11.6 Å². The van der Waals surface area contributed by atoms with Crippen LogP contribution in [0.1, 0.15) is 10.6 Å². The Balaban J connectivity index is 2.46. The summed E-state index contributed by atoms with van der Waals surface area (Å²) < 4.78 is 9.93. The molecule has 0 bridgehead atoms. The molecule has 0 amide bonds. The summed E-state index contributed by atoms with van der Waals surface area (Å²) in [5.74, 6) is -0.746. The summed E-state index contributed by atoms with van der Waals surface area (Å²) in [5.41, 5.74) is 0.807. The molecule has 0 unspecified atom stereocenters. The summed E-state index contributed by atoms with van der Waals surface area (Å²) in [6, 6.07) is 16.3. The third-order valence-electron chi connectivity index (χ3n) is 3.27. The quantitative estimate of drug-likeness (QED) is 0.676. The maximum atomic E-state index is 12.0. The van der Waals surface area contributed by atoms with Gasteiger partial charge in [-0.3, -0.25) is 0 Å². The first-order valence-corrected chi connectivity index (χ1v) is 6.42. The number of methoxy groups -OCH3 is 1. The number of carbonyl (C=O) groups is 1. The van der Waals surface area contributed by atoms with Gasteiger partial charge in [-0.25, -0.2) is 9.59 Å². The highest BCUT2D eigenvalue weighted by molar-refractivity contribution is 6.05. The molecule has 0 N–H and O–H groups in total. The zero-order valence-corrected chi connectivity index (χ0v) is 11.3. The van der Waals surface area contributed by atoms with E-state index in [0.29, 0.717) is 16.3 Å². The van der Waals surface area contributed by atoms with Crippen LogP contribution in [0.2, 0.25) is 0 Å². The Labute approximate surface area is 120 Å². The van der Waals surface area contributed by atoms with E-state index in [2.05, 4.69) is 0 Å². The largest absolute Gasteiger partial charge is 0.463 e. The lowest BCUT2D eigenvalue weighted by molar-refractivity contribution is 0.0562. The molecule has 0 atom stereocenters. The van der Waals surface area contributed by atoms with E-state index in [-0.39, 0.29) is 5.76 Å². The van der Waals surface area contributed by atoms with E-state index < -0.39 is 11.6 Å². The fourth-order valence-corrected chi connectivity index (χ4v) is 2.33. The van der Waals surface area contributed by atoms with Crippen molar-refractivity contribution in [3.05, 3.63) is 70.8 Å². The molecule has 0 spiro atoms. The van der Waals surface area contributed by atoms with Crippen molar-refractivity contribution in [3.8, 4) is 11.1 Å². The highest BCUT2D eigenvalue weighted by Gasteiger charge is 2.21. The first kappa shape index (κ1) is 13.1. The van der Waals surface area contributed by atoms with Gasteiger partial charge in [0.2, 0.25) is 5.76 Å². The molecule has 4 nitrogen and oxygen atoms in total. The molecule has 0 saturated carbocycles. The van der Waals surface area contributed by atoms with Gasteiger partial charge in [0, 0.05) is 10.9 Å². The summed E-state index contributed by atoms with van der Waals surface area (Å²) in [4.78, 5) is 24.0. The molecule has 0 radical (unpaired) electrons. The Hall–Kier alpha value is -2.88. The van der Waals surface area contributed by atoms with E-state index in [0.717, 1.165) is 5.56 Å². The van der Waals surface area contributed by atoms with Crippen molar-refractivity contribution >= 4 is 16.7 Å². The molecule has 2 aromatic carbocycles. The molecule has 104 valence electrons. The average molecular weight is 280 g/mol. The Morgan fingerprint density at radius 3 is 2.24 bits per heavy atom. The third-order valence-corrected chi connectivity index (χ3v) is 3.27. The lowest BCUT2D eigenvalue weighted by Gasteiger charge is -2.10. The molecular weight excluding hydrogens is 268 g/mol. The van der Waals surface area contributed by atoms with Gasteiger partial charge < -0.3 is 9.15 Å². The SMILES string of the molecule is COC(=O)c1oc(=O)c2ccccc2c1-c1ccccc1. The molecule has 4 heteroatoms. The lowest BCUT2D eigenvalue weighted by atomic mass is 9.98. The lowest BCUT2D eigenvalue weighted by Crippen LogP contribution is -2.11. The third kappa shape index (κ3) is 2.21. The summed E-state index contributed by atoms with van der Waals surface area (Å²) in [7, 11) is 1.26. The standard InChI is InChI=1S/C17H12O4/c1-20-17(19)15-14(11-7-3-2-4-8-11)12-9-5-6-10-13(12)16(18)21-15/h2-10H,1H3. The predicted octanol–water partition coefficient (Wildman–Crippen LogP) is 3.25. The van der Waals surface area contributed by atoms with Crippen molar-refractivity contribution < 1.29 is 13.9 Å². The van der Waals surface area contributed by atoms with E-state index >= 15 is 0 Å². The maximum Gasteiger partial charge on any atom is 0.374 e. The van der Waals surface area contributed by atoms with E-state index in [4.69, 9.17) is 9.15 Å². The Morgan fingerprint density at radius 2 is 1.57 bits per heavy atom. The summed E-state index contributed by atoms with van der Waals surface area (Å²) >= 11 is 0. The van der Waals surface area contributed by atoms with Gasteiger partial charge >= 0.3 is 11.6 Å². The molecule has 0 fully saturated rings. The number of esters is 1. The van der Waals surface area contributed by atoms with E-state index in [1.165, 1.54) is 7.11 Å². The molecule has 0 aliphatic carbocycles. The monoisotopic (exact) mass is 280 g/mol. The fraction of sp³-hybridized carbons (Fsp3) is 0.0588. The molecule has 21 heavy (non-hydrogen) atoms. The molecule has 1 heterocycles. The molecule has 3 aromatic rings. The molecule has 0 saturated heterocycles. The maximum absolute atomic E-state index is 12.0. The summed E-state index contributed by atoms with van der Waals surface area (Å²) in [6.45, 7) is 0. The minimum atomic E-state index is -0.670. The number of rotatable bonds is 2. The summed E-state index contributed by atoms with van der Waals surface area (Å²) in [5, 5.41) is 1.10. The molecule has 3 rings (SSSR count). The second-order valence-electron chi connectivity index (χ2n) is 4.50. The van der Waals surface area contributed by atoms with Crippen LogP contribution in [0.15, 0.2) is 63.8 Å². The van der Waals surface area contributed by atoms with Gasteiger partial charge in [0.05, 0.1) is 12.5 Å². The van der Waals surface area contributed by atoms with Crippen LogP contribution in [0.25, 0.3) is 21.9 Å². The fourth-order valence-electron chi connectivity index (χ4n) is 2.33. The second kappa shape index (κ2) is 5.25. The first-order chi connectivity index (χ1) is 10.2. The van der Waals surface area contributed by atoms with E-state index in [1.54, 1.807) is 18.2 Å². The first-order valence-electron chi connectivity index (χ1n) is 6.42. The second-order valence-corrected chi connectivity index (χ2v) is 4.50. The number of hydrogen-bond donors (Lipinski definition) is 0. The molecular formula is C17H12O4. The van der Waals surface area contributed by atoms with Crippen molar-refractivity contribution in [1.29, 1.82) is 0 Å². The van der Waals surface area contributed by atoms with Crippen LogP contribution in [0.3, 0.4) is 0 Å². The Kier molecular flexibility index (Phi) is 3.28. The van der Waals surface area contributed by atoms with Crippen LogP contribution in [-0.2, 0) is 4.74 Å².